The quantitative estimate of drug-likeness (QED) is 0.846. The predicted molar refractivity (Wildman–Crippen MR) is 91.9 cm³/mol. The number of nitrogens with one attached hydrogen (secondary N) is 1. The lowest BCUT2D eigenvalue weighted by Gasteiger charge is -2.36. The van der Waals surface area contributed by atoms with Crippen LogP contribution in [0.25, 0.3) is 0 Å². The highest BCUT2D eigenvalue weighted by atomic mass is 32.1. The highest BCUT2D eigenvalue weighted by molar-refractivity contribution is 7.10. The third-order valence-electron chi connectivity index (χ3n) is 4.02. The van der Waals surface area contributed by atoms with Gasteiger partial charge >= 0.3 is 12.0 Å². The Morgan fingerprint density at radius 3 is 2.96 bits per heavy atom. The number of nitrogens with zero attached hydrogens (tertiary/aromatic N) is 2. The first-order valence-corrected chi connectivity index (χ1v) is 8.97. The Bertz CT molecular complexity index is 696. The van der Waals surface area contributed by atoms with Crippen molar-refractivity contribution in [3.05, 3.63) is 46.4 Å². The number of esters is 1. The molecule has 0 saturated heterocycles. The zero-order chi connectivity index (χ0) is 16.9. The molecule has 0 aromatic carbocycles. The van der Waals surface area contributed by atoms with Crippen LogP contribution in [0.1, 0.15) is 30.0 Å². The van der Waals surface area contributed by atoms with Gasteiger partial charge in [0.2, 0.25) is 0 Å². The number of urea groups is 1. The third kappa shape index (κ3) is 3.46. The van der Waals surface area contributed by atoms with Crippen molar-refractivity contribution >= 4 is 23.3 Å². The van der Waals surface area contributed by atoms with Crippen LogP contribution < -0.4 is 5.32 Å². The molecule has 3 rings (SSSR count). The van der Waals surface area contributed by atoms with Crippen LogP contribution in [-0.4, -0.2) is 41.2 Å². The van der Waals surface area contributed by atoms with Gasteiger partial charge in [0.25, 0.3) is 0 Å². The molecular formula is C17H21N3O3S. The zero-order valence-electron chi connectivity index (χ0n) is 13.6. The molecule has 3 heterocycles. The van der Waals surface area contributed by atoms with E-state index < -0.39 is 0 Å². The number of carbonyl (C=O) groups is 2. The van der Waals surface area contributed by atoms with Gasteiger partial charge in [0.15, 0.2) is 0 Å². The molecule has 1 atom stereocenters. The van der Waals surface area contributed by atoms with Crippen LogP contribution in [0, 0.1) is 0 Å². The van der Waals surface area contributed by atoms with Crippen LogP contribution in [-0.2, 0) is 16.1 Å². The molecule has 0 spiro atoms. The molecule has 0 fully saturated rings. The summed E-state index contributed by atoms with van der Waals surface area (Å²) in [6.45, 7) is 3.82. The maximum atomic E-state index is 12.6. The smallest absolute Gasteiger partial charge is 0.318 e. The fraction of sp³-hybridized carbons (Fsp3) is 0.412. The lowest BCUT2D eigenvalue weighted by Crippen LogP contribution is -2.47. The number of ether oxygens (including phenoxy) is 1. The molecule has 0 bridgehead atoms. The second kappa shape index (κ2) is 7.53. The minimum Gasteiger partial charge on any atom is -0.466 e. The summed E-state index contributed by atoms with van der Waals surface area (Å²) in [5, 5.41) is 4.86. The molecule has 0 aliphatic carbocycles. The summed E-state index contributed by atoms with van der Waals surface area (Å²) >= 11 is 1.64. The molecule has 6 nitrogen and oxygen atoms in total. The fourth-order valence-electron chi connectivity index (χ4n) is 2.95. The van der Waals surface area contributed by atoms with Gasteiger partial charge < -0.3 is 19.5 Å². The number of hydrogen-bond acceptors (Lipinski definition) is 4. The zero-order valence-corrected chi connectivity index (χ0v) is 14.4. The van der Waals surface area contributed by atoms with E-state index in [4.69, 9.17) is 4.74 Å². The molecule has 24 heavy (non-hydrogen) atoms. The number of amides is 2. The maximum absolute atomic E-state index is 12.6. The van der Waals surface area contributed by atoms with Crippen LogP contribution in [0.15, 0.2) is 35.8 Å². The summed E-state index contributed by atoms with van der Waals surface area (Å²) in [7, 11) is 0. The van der Waals surface area contributed by atoms with Crippen LogP contribution in [0.4, 0.5) is 4.79 Å². The average molecular weight is 347 g/mol. The van der Waals surface area contributed by atoms with Gasteiger partial charge in [-0.25, -0.2) is 4.79 Å². The highest BCUT2D eigenvalue weighted by Gasteiger charge is 2.32. The summed E-state index contributed by atoms with van der Waals surface area (Å²) in [5.74, 6) is -0.292. The van der Waals surface area contributed by atoms with Gasteiger partial charge in [-0.2, -0.15) is 0 Å². The minimum atomic E-state index is -0.292. The molecule has 0 radical (unpaired) electrons. The van der Waals surface area contributed by atoms with Crippen LogP contribution in [0.2, 0.25) is 0 Å². The van der Waals surface area contributed by atoms with Crippen LogP contribution in [0.3, 0.4) is 0 Å². The molecule has 128 valence electrons. The molecule has 2 aromatic heterocycles. The number of rotatable bonds is 5. The molecule has 1 aliphatic heterocycles. The monoisotopic (exact) mass is 347 g/mol. The Hall–Kier alpha value is -2.28. The van der Waals surface area contributed by atoms with Gasteiger partial charge in [0, 0.05) is 36.4 Å². The first-order chi connectivity index (χ1) is 11.7. The van der Waals surface area contributed by atoms with Gasteiger partial charge in [0.1, 0.15) is 6.04 Å². The first-order valence-electron chi connectivity index (χ1n) is 8.09. The van der Waals surface area contributed by atoms with Gasteiger partial charge in [-0.15, -0.1) is 11.3 Å². The second-order valence-electron chi connectivity index (χ2n) is 5.52. The van der Waals surface area contributed by atoms with Crippen LogP contribution >= 0.6 is 11.3 Å². The Balaban J connectivity index is 1.70. The molecule has 2 amide bonds. The summed E-state index contributed by atoms with van der Waals surface area (Å²) in [6.07, 6.45) is 2.24. The van der Waals surface area contributed by atoms with Crippen molar-refractivity contribution in [3.63, 3.8) is 0 Å². The molecule has 7 heteroatoms. The third-order valence-corrected chi connectivity index (χ3v) is 4.95. The van der Waals surface area contributed by atoms with Crippen molar-refractivity contribution in [3.8, 4) is 0 Å². The molecule has 2 aromatic rings. The normalized spacial score (nSPS) is 16.5. The molecule has 0 saturated carbocycles. The molecular weight excluding hydrogens is 326 g/mol. The van der Waals surface area contributed by atoms with E-state index in [1.807, 2.05) is 28.6 Å². The topological polar surface area (TPSA) is 63.6 Å². The summed E-state index contributed by atoms with van der Waals surface area (Å²) in [4.78, 5) is 27.0. The van der Waals surface area contributed by atoms with E-state index in [1.165, 1.54) is 0 Å². The van der Waals surface area contributed by atoms with Gasteiger partial charge in [0.05, 0.1) is 13.0 Å². The number of hydrogen-bond donors (Lipinski definition) is 1. The van der Waals surface area contributed by atoms with Crippen molar-refractivity contribution in [2.45, 2.75) is 25.9 Å². The lowest BCUT2D eigenvalue weighted by atomic mass is 10.1. The Labute approximate surface area is 145 Å². The molecule has 1 aliphatic rings. The van der Waals surface area contributed by atoms with E-state index in [2.05, 4.69) is 22.0 Å². The summed E-state index contributed by atoms with van der Waals surface area (Å²) in [5.41, 5.74) is 1.12. The minimum absolute atomic E-state index is 0.0867. The standard InChI is InChI=1S/C17H21N3O3S/c1-2-23-15(21)7-8-18-17(22)20-11-10-19-9-3-5-13(19)16(20)14-6-4-12-24-14/h3-6,9,12,16H,2,7-8,10-11H2,1H3,(H,18,22). The van der Waals surface area contributed by atoms with E-state index in [1.54, 1.807) is 18.3 Å². The second-order valence-corrected chi connectivity index (χ2v) is 6.50. The fourth-order valence-corrected chi connectivity index (χ4v) is 3.80. The van der Waals surface area contributed by atoms with Crippen LogP contribution in [0.5, 0.6) is 0 Å². The van der Waals surface area contributed by atoms with E-state index in [9.17, 15) is 9.59 Å². The largest absolute Gasteiger partial charge is 0.466 e. The maximum Gasteiger partial charge on any atom is 0.318 e. The highest BCUT2D eigenvalue weighted by Crippen LogP contribution is 2.34. The van der Waals surface area contributed by atoms with E-state index in [0.717, 1.165) is 17.1 Å². The number of aromatic nitrogens is 1. The first kappa shape index (κ1) is 16.6. The molecule has 1 unspecified atom stereocenters. The Morgan fingerprint density at radius 1 is 1.33 bits per heavy atom. The van der Waals surface area contributed by atoms with Crippen molar-refractivity contribution in [2.24, 2.45) is 0 Å². The van der Waals surface area contributed by atoms with Gasteiger partial charge in [-0.3, -0.25) is 4.79 Å². The molecule has 1 N–H and O–H groups in total. The summed E-state index contributed by atoms with van der Waals surface area (Å²) < 4.78 is 7.07. The van der Waals surface area contributed by atoms with Gasteiger partial charge in [-0.05, 0) is 30.5 Å². The Morgan fingerprint density at radius 2 is 2.21 bits per heavy atom. The van der Waals surface area contributed by atoms with E-state index >= 15 is 0 Å². The average Bonchev–Trinajstić information content (AvgIpc) is 3.25. The van der Waals surface area contributed by atoms with Gasteiger partial charge in [-0.1, -0.05) is 6.07 Å². The van der Waals surface area contributed by atoms with Crippen molar-refractivity contribution in [1.82, 2.24) is 14.8 Å². The number of carbonyl (C=O) groups excluding carboxylic acids is 2. The predicted octanol–water partition coefficient (Wildman–Crippen LogP) is 2.62. The summed E-state index contributed by atoms with van der Waals surface area (Å²) in [6, 6.07) is 7.89. The van der Waals surface area contributed by atoms with Crippen molar-refractivity contribution in [2.75, 3.05) is 19.7 Å². The SMILES string of the molecule is CCOC(=O)CCNC(=O)N1CCn2cccc2C1c1cccs1. The van der Waals surface area contributed by atoms with Crippen molar-refractivity contribution in [1.29, 1.82) is 0 Å². The number of thiophene rings is 1. The van der Waals surface area contributed by atoms with E-state index in [0.29, 0.717) is 13.2 Å². The number of fused-ring (bicyclic) bond motifs is 1. The van der Waals surface area contributed by atoms with Crippen molar-refractivity contribution < 1.29 is 14.3 Å². The Kier molecular flexibility index (Phi) is 5.20. The van der Waals surface area contributed by atoms with E-state index in [-0.39, 0.29) is 31.0 Å². The lowest BCUT2D eigenvalue weighted by molar-refractivity contribution is -0.142.